The highest BCUT2D eigenvalue weighted by atomic mass is 16.6. The molecule has 1 aliphatic heterocycles. The van der Waals surface area contributed by atoms with Crippen LogP contribution in [0.3, 0.4) is 0 Å². The van der Waals surface area contributed by atoms with E-state index in [9.17, 15) is 14.9 Å². The third-order valence-electron chi connectivity index (χ3n) is 5.55. The van der Waals surface area contributed by atoms with Crippen molar-refractivity contribution in [3.63, 3.8) is 0 Å². The lowest BCUT2D eigenvalue weighted by molar-refractivity contribution is -0.383. The van der Waals surface area contributed by atoms with Crippen LogP contribution in [0.1, 0.15) is 40.6 Å². The van der Waals surface area contributed by atoms with Gasteiger partial charge in [0.15, 0.2) is 5.52 Å². The van der Waals surface area contributed by atoms with Gasteiger partial charge in [-0.3, -0.25) is 14.9 Å². The fourth-order valence-electron chi connectivity index (χ4n) is 4.13. The van der Waals surface area contributed by atoms with Crippen LogP contribution in [0.5, 0.6) is 0 Å². The van der Waals surface area contributed by atoms with E-state index in [1.807, 2.05) is 25.1 Å². The number of nitro benzene ring substituents is 1. The van der Waals surface area contributed by atoms with Gasteiger partial charge in [0.1, 0.15) is 5.82 Å². The van der Waals surface area contributed by atoms with Crippen LogP contribution in [0.4, 0.5) is 5.69 Å². The maximum atomic E-state index is 13.6. The molecule has 1 aliphatic rings. The number of H-pyrrole nitrogens is 1. The molecule has 10 nitrogen and oxygen atoms in total. The molecule has 4 aromatic rings. The van der Waals surface area contributed by atoms with Crippen molar-refractivity contribution in [2.45, 2.75) is 25.8 Å². The average molecular weight is 417 g/mol. The Kier molecular flexibility index (Phi) is 4.46. The maximum Gasteiger partial charge on any atom is 0.297 e. The van der Waals surface area contributed by atoms with Gasteiger partial charge in [-0.25, -0.2) is 4.98 Å². The molecule has 2 aromatic carbocycles. The van der Waals surface area contributed by atoms with Crippen molar-refractivity contribution < 1.29 is 9.72 Å². The summed E-state index contributed by atoms with van der Waals surface area (Å²) in [4.78, 5) is 35.4. The number of carbonyl (C=O) groups excluding carboxylic acids is 1. The molecule has 156 valence electrons. The molecule has 0 aliphatic carbocycles. The summed E-state index contributed by atoms with van der Waals surface area (Å²) in [5.41, 5.74) is 2.90. The van der Waals surface area contributed by atoms with E-state index in [2.05, 4.69) is 20.2 Å². The van der Waals surface area contributed by atoms with Crippen LogP contribution in [0, 0.1) is 17.0 Å². The average Bonchev–Trinajstić information content (AvgIpc) is 3.52. The summed E-state index contributed by atoms with van der Waals surface area (Å²) in [7, 11) is 0. The van der Waals surface area contributed by atoms with Crippen molar-refractivity contribution in [3.05, 3.63) is 75.9 Å². The van der Waals surface area contributed by atoms with Crippen LogP contribution in [0.2, 0.25) is 0 Å². The monoisotopic (exact) mass is 417 g/mol. The lowest BCUT2D eigenvalue weighted by Gasteiger charge is -2.24. The molecule has 31 heavy (non-hydrogen) atoms. The van der Waals surface area contributed by atoms with Crippen molar-refractivity contribution in [2.75, 3.05) is 6.54 Å². The number of rotatable bonds is 4. The third-order valence-corrected chi connectivity index (χ3v) is 5.55. The van der Waals surface area contributed by atoms with E-state index in [0.717, 1.165) is 18.4 Å². The summed E-state index contributed by atoms with van der Waals surface area (Å²) in [6.45, 7) is 2.50. The Balaban J connectivity index is 1.54. The summed E-state index contributed by atoms with van der Waals surface area (Å²) >= 11 is 0. The molecule has 0 bridgehead atoms. The second kappa shape index (κ2) is 7.31. The van der Waals surface area contributed by atoms with E-state index < -0.39 is 4.92 Å². The van der Waals surface area contributed by atoms with Gasteiger partial charge in [0, 0.05) is 12.6 Å². The van der Waals surface area contributed by atoms with Gasteiger partial charge in [0.2, 0.25) is 0 Å². The number of non-ortho nitro benzene ring substituents is 1. The Morgan fingerprint density at radius 2 is 2.03 bits per heavy atom. The summed E-state index contributed by atoms with van der Waals surface area (Å²) in [5, 5.41) is 19.7. The molecule has 1 atom stereocenters. The Morgan fingerprint density at radius 1 is 1.23 bits per heavy atom. The van der Waals surface area contributed by atoms with Gasteiger partial charge in [-0.1, -0.05) is 17.7 Å². The predicted molar refractivity (Wildman–Crippen MR) is 112 cm³/mol. The molecule has 0 radical (unpaired) electrons. The summed E-state index contributed by atoms with van der Waals surface area (Å²) < 4.78 is 0. The Hall–Kier alpha value is -4.08. The molecular weight excluding hydrogens is 398 g/mol. The van der Waals surface area contributed by atoms with E-state index >= 15 is 0 Å². The number of nitro groups is 1. The standard InChI is InChI=1S/C21H19N7O3/c1-13-7-8-16(27-22-9-10-23-27)14(12-13)21(29)26-11-3-6-18(26)20-24-15-4-2-5-17(28(30)31)19(15)25-20/h2,4-5,7-10,12,18H,3,6,11H2,1H3,(H,24,25)/t18-/m0/s1. The largest absolute Gasteiger partial charge is 0.340 e. The minimum Gasteiger partial charge on any atom is -0.340 e. The molecular formula is C21H19N7O3. The number of fused-ring (bicyclic) bond motifs is 1. The van der Waals surface area contributed by atoms with E-state index in [1.54, 1.807) is 29.4 Å². The molecule has 0 saturated carbocycles. The van der Waals surface area contributed by atoms with Crippen LogP contribution in [0.25, 0.3) is 16.7 Å². The number of nitrogens with zero attached hydrogens (tertiary/aromatic N) is 6. The number of likely N-dealkylation sites (tertiary alicyclic amines) is 1. The first-order valence-corrected chi connectivity index (χ1v) is 9.94. The fraction of sp³-hybridized carbons (Fsp3) is 0.238. The third kappa shape index (κ3) is 3.21. The van der Waals surface area contributed by atoms with Gasteiger partial charge in [-0.15, -0.1) is 0 Å². The molecule has 5 rings (SSSR count). The van der Waals surface area contributed by atoms with Crippen LogP contribution in [-0.4, -0.2) is 47.2 Å². The second-order valence-corrected chi connectivity index (χ2v) is 7.55. The van der Waals surface area contributed by atoms with Gasteiger partial charge >= 0.3 is 0 Å². The number of carbonyl (C=O) groups is 1. The number of amides is 1. The lowest BCUT2D eigenvalue weighted by atomic mass is 10.1. The van der Waals surface area contributed by atoms with Crippen LogP contribution in [0.15, 0.2) is 48.8 Å². The highest BCUT2D eigenvalue weighted by Gasteiger charge is 2.34. The van der Waals surface area contributed by atoms with Gasteiger partial charge in [0.25, 0.3) is 11.6 Å². The van der Waals surface area contributed by atoms with Gasteiger partial charge in [0.05, 0.1) is 40.1 Å². The molecule has 1 saturated heterocycles. The first-order chi connectivity index (χ1) is 15.0. The number of aryl methyl sites for hydroxylation is 1. The highest BCUT2D eigenvalue weighted by Crippen LogP contribution is 2.35. The zero-order chi connectivity index (χ0) is 21.5. The topological polar surface area (TPSA) is 123 Å². The van der Waals surface area contributed by atoms with Crippen molar-refractivity contribution in [1.29, 1.82) is 0 Å². The SMILES string of the molecule is Cc1ccc(-n2nccn2)c(C(=O)N2CCC[C@H]2c2nc3c([N+](=O)[O-])cccc3[nH]2)c1. The minimum absolute atomic E-state index is 0.0541. The van der Waals surface area contributed by atoms with Crippen LogP contribution < -0.4 is 0 Å². The number of aromatic nitrogens is 5. The van der Waals surface area contributed by atoms with E-state index in [4.69, 9.17) is 0 Å². The normalized spacial score (nSPS) is 16.2. The van der Waals surface area contributed by atoms with Crippen LogP contribution >= 0.6 is 0 Å². The zero-order valence-corrected chi connectivity index (χ0v) is 16.7. The van der Waals surface area contributed by atoms with Gasteiger partial charge < -0.3 is 9.88 Å². The molecule has 1 N–H and O–H groups in total. The molecule has 0 unspecified atom stereocenters. The molecule has 1 fully saturated rings. The maximum absolute atomic E-state index is 13.6. The number of nitrogens with one attached hydrogen (secondary N) is 1. The van der Waals surface area contributed by atoms with Crippen molar-refractivity contribution in [3.8, 4) is 5.69 Å². The zero-order valence-electron chi connectivity index (χ0n) is 16.7. The van der Waals surface area contributed by atoms with Crippen LogP contribution in [-0.2, 0) is 0 Å². The Bertz CT molecular complexity index is 1300. The highest BCUT2D eigenvalue weighted by molar-refractivity contribution is 5.98. The fourth-order valence-corrected chi connectivity index (χ4v) is 4.13. The smallest absolute Gasteiger partial charge is 0.297 e. The van der Waals surface area contributed by atoms with Gasteiger partial charge in [-0.05, 0) is 38.0 Å². The summed E-state index contributed by atoms with van der Waals surface area (Å²) in [6.07, 6.45) is 4.67. The Labute approximate surface area is 176 Å². The van der Waals surface area contributed by atoms with Crippen molar-refractivity contribution in [2.24, 2.45) is 0 Å². The quantitative estimate of drug-likeness (QED) is 0.401. The number of hydrogen-bond acceptors (Lipinski definition) is 6. The molecule has 0 spiro atoms. The second-order valence-electron chi connectivity index (χ2n) is 7.55. The number of benzene rings is 2. The van der Waals surface area contributed by atoms with Gasteiger partial charge in [-0.2, -0.15) is 15.0 Å². The number of para-hydroxylation sites is 1. The van der Waals surface area contributed by atoms with E-state index in [-0.39, 0.29) is 17.6 Å². The molecule has 1 amide bonds. The molecule has 10 heteroatoms. The molecule has 2 aromatic heterocycles. The predicted octanol–water partition coefficient (Wildman–Crippen LogP) is 3.34. The summed E-state index contributed by atoms with van der Waals surface area (Å²) in [5.74, 6) is 0.412. The van der Waals surface area contributed by atoms with Crippen molar-refractivity contribution >= 4 is 22.6 Å². The number of hydrogen-bond donors (Lipinski definition) is 1. The first-order valence-electron chi connectivity index (χ1n) is 9.94. The van der Waals surface area contributed by atoms with E-state index in [1.165, 1.54) is 10.9 Å². The number of imidazole rings is 1. The van der Waals surface area contributed by atoms with Crippen molar-refractivity contribution in [1.82, 2.24) is 29.9 Å². The Morgan fingerprint density at radius 3 is 2.81 bits per heavy atom. The minimum atomic E-state index is -0.444. The molecule has 3 heterocycles. The lowest BCUT2D eigenvalue weighted by Crippen LogP contribution is -2.32. The summed E-state index contributed by atoms with van der Waals surface area (Å²) in [6, 6.07) is 10.1. The number of aromatic amines is 1. The first kappa shape index (κ1) is 18.9. The van der Waals surface area contributed by atoms with E-state index in [0.29, 0.717) is 34.7 Å².